The molecule has 1 N–H and O–H groups in total. The first-order chi connectivity index (χ1) is 11.9. The summed E-state index contributed by atoms with van der Waals surface area (Å²) >= 11 is 0. The quantitative estimate of drug-likeness (QED) is 0.874. The average Bonchev–Trinajstić information content (AvgIpc) is 2.61. The number of rotatable bonds is 6. The minimum Gasteiger partial charge on any atom is -0.357 e. The number of likely N-dealkylation sites (N-methyl/N-ethyl adjacent to an activating group) is 1. The first-order valence-corrected chi connectivity index (χ1v) is 7.92. The highest BCUT2D eigenvalue weighted by atomic mass is 19.1. The van der Waals surface area contributed by atoms with Crippen LogP contribution in [-0.2, 0) is 22.6 Å². The molecule has 2 aromatic rings. The number of hydrogen-bond acceptors (Lipinski definition) is 2. The molecule has 0 heterocycles. The fourth-order valence-corrected chi connectivity index (χ4v) is 2.51. The summed E-state index contributed by atoms with van der Waals surface area (Å²) in [6.07, 6.45) is -0.206. The molecular weight excluding hydrogens is 326 g/mol. The molecule has 0 aromatic heterocycles. The van der Waals surface area contributed by atoms with E-state index in [0.717, 1.165) is 0 Å². The van der Waals surface area contributed by atoms with Crippen LogP contribution < -0.4 is 5.32 Å². The maximum absolute atomic E-state index is 14.0. The topological polar surface area (TPSA) is 49.4 Å². The summed E-state index contributed by atoms with van der Waals surface area (Å²) in [4.78, 5) is 25.9. The van der Waals surface area contributed by atoms with E-state index >= 15 is 0 Å². The lowest BCUT2D eigenvalue weighted by molar-refractivity contribution is -0.140. The van der Waals surface area contributed by atoms with Crippen LogP contribution in [-0.4, -0.2) is 29.8 Å². The van der Waals surface area contributed by atoms with E-state index in [9.17, 15) is 18.4 Å². The van der Waals surface area contributed by atoms with Gasteiger partial charge in [-0.05, 0) is 24.6 Å². The van der Waals surface area contributed by atoms with Gasteiger partial charge in [0.2, 0.25) is 11.8 Å². The molecule has 0 unspecified atom stereocenters. The molecule has 2 aromatic carbocycles. The first-order valence-electron chi connectivity index (χ1n) is 7.92. The van der Waals surface area contributed by atoms with E-state index in [1.807, 2.05) is 0 Å². The summed E-state index contributed by atoms with van der Waals surface area (Å²) in [6.45, 7) is 1.48. The van der Waals surface area contributed by atoms with Crippen LogP contribution in [0.25, 0.3) is 0 Å². The molecule has 0 radical (unpaired) electrons. The van der Waals surface area contributed by atoms with Crippen molar-refractivity contribution in [3.05, 3.63) is 71.3 Å². The molecule has 1 atom stereocenters. The Kier molecular flexibility index (Phi) is 6.22. The maximum atomic E-state index is 14.0. The zero-order chi connectivity index (χ0) is 18.4. The lowest BCUT2D eigenvalue weighted by Gasteiger charge is -2.28. The highest BCUT2D eigenvalue weighted by Gasteiger charge is 2.26. The molecule has 0 fully saturated rings. The van der Waals surface area contributed by atoms with E-state index in [4.69, 9.17) is 0 Å². The van der Waals surface area contributed by atoms with Crippen molar-refractivity contribution >= 4 is 11.8 Å². The average molecular weight is 346 g/mol. The monoisotopic (exact) mass is 346 g/mol. The summed E-state index contributed by atoms with van der Waals surface area (Å²) in [6, 6.07) is 11.2. The van der Waals surface area contributed by atoms with Crippen molar-refractivity contribution in [3.63, 3.8) is 0 Å². The van der Waals surface area contributed by atoms with E-state index < -0.39 is 23.6 Å². The number of amides is 2. The SMILES string of the molecule is CNC(=O)[C@H](C)N(Cc1ccccc1F)C(=O)Cc1ccccc1F. The molecule has 0 saturated heterocycles. The Morgan fingerprint density at radius 1 is 1.00 bits per heavy atom. The Morgan fingerprint density at radius 2 is 1.52 bits per heavy atom. The van der Waals surface area contributed by atoms with Gasteiger partial charge in [0, 0.05) is 19.2 Å². The van der Waals surface area contributed by atoms with Crippen LogP contribution in [0.2, 0.25) is 0 Å². The molecule has 2 rings (SSSR count). The number of nitrogens with one attached hydrogen (secondary N) is 1. The third-order valence-corrected chi connectivity index (χ3v) is 4.01. The Bertz CT molecular complexity index is 765. The fourth-order valence-electron chi connectivity index (χ4n) is 2.51. The molecular formula is C19H20F2N2O2. The second-order valence-electron chi connectivity index (χ2n) is 5.67. The first kappa shape index (κ1) is 18.6. The van der Waals surface area contributed by atoms with Crippen LogP contribution in [0.4, 0.5) is 8.78 Å². The van der Waals surface area contributed by atoms with Crippen LogP contribution >= 0.6 is 0 Å². The number of benzene rings is 2. The van der Waals surface area contributed by atoms with Crippen molar-refractivity contribution in [1.29, 1.82) is 0 Å². The Balaban J connectivity index is 2.27. The van der Waals surface area contributed by atoms with Crippen molar-refractivity contribution < 1.29 is 18.4 Å². The predicted molar refractivity (Wildman–Crippen MR) is 90.6 cm³/mol. The lowest BCUT2D eigenvalue weighted by Crippen LogP contribution is -2.47. The molecule has 6 heteroatoms. The third kappa shape index (κ3) is 4.62. The minimum absolute atomic E-state index is 0.0749. The predicted octanol–water partition coefficient (Wildman–Crippen LogP) is 2.67. The molecule has 0 spiro atoms. The van der Waals surface area contributed by atoms with Crippen LogP contribution in [0, 0.1) is 11.6 Å². The number of nitrogens with zero attached hydrogens (tertiary/aromatic N) is 1. The van der Waals surface area contributed by atoms with Gasteiger partial charge in [0.25, 0.3) is 0 Å². The van der Waals surface area contributed by atoms with Gasteiger partial charge < -0.3 is 10.2 Å². The molecule has 4 nitrogen and oxygen atoms in total. The van der Waals surface area contributed by atoms with E-state index in [1.165, 1.54) is 36.2 Å². The van der Waals surface area contributed by atoms with Gasteiger partial charge in [-0.15, -0.1) is 0 Å². The molecule has 0 aliphatic carbocycles. The number of carbonyl (C=O) groups excluding carboxylic acids is 2. The lowest BCUT2D eigenvalue weighted by atomic mass is 10.1. The zero-order valence-corrected chi connectivity index (χ0v) is 14.1. The molecule has 2 amide bonds. The summed E-state index contributed by atoms with van der Waals surface area (Å²) in [5, 5.41) is 2.48. The Morgan fingerprint density at radius 3 is 2.04 bits per heavy atom. The molecule has 132 valence electrons. The molecule has 0 aliphatic rings. The Labute approximate surface area is 145 Å². The van der Waals surface area contributed by atoms with Crippen LogP contribution in [0.15, 0.2) is 48.5 Å². The third-order valence-electron chi connectivity index (χ3n) is 4.01. The highest BCUT2D eigenvalue weighted by molar-refractivity contribution is 5.88. The van der Waals surface area contributed by atoms with Crippen molar-refractivity contribution in [1.82, 2.24) is 10.2 Å². The number of halogens is 2. The summed E-state index contributed by atoms with van der Waals surface area (Å²) in [5.41, 5.74) is 0.523. The maximum Gasteiger partial charge on any atom is 0.242 e. The molecule has 0 aliphatic heterocycles. The van der Waals surface area contributed by atoms with Gasteiger partial charge in [0.1, 0.15) is 17.7 Å². The minimum atomic E-state index is -0.816. The smallest absolute Gasteiger partial charge is 0.242 e. The normalized spacial score (nSPS) is 11.7. The Hall–Kier alpha value is -2.76. The van der Waals surface area contributed by atoms with Crippen LogP contribution in [0.5, 0.6) is 0 Å². The van der Waals surface area contributed by atoms with E-state index in [2.05, 4.69) is 5.32 Å². The van der Waals surface area contributed by atoms with Crippen molar-refractivity contribution in [2.24, 2.45) is 0 Å². The van der Waals surface area contributed by atoms with E-state index in [0.29, 0.717) is 5.56 Å². The van der Waals surface area contributed by atoms with Gasteiger partial charge in [0.15, 0.2) is 0 Å². The van der Waals surface area contributed by atoms with Crippen molar-refractivity contribution in [3.8, 4) is 0 Å². The van der Waals surface area contributed by atoms with Crippen molar-refractivity contribution in [2.75, 3.05) is 7.05 Å². The number of carbonyl (C=O) groups is 2. The summed E-state index contributed by atoms with van der Waals surface area (Å²) in [7, 11) is 1.46. The second kappa shape index (κ2) is 8.37. The highest BCUT2D eigenvalue weighted by Crippen LogP contribution is 2.16. The van der Waals surface area contributed by atoms with Gasteiger partial charge >= 0.3 is 0 Å². The van der Waals surface area contributed by atoms with E-state index in [1.54, 1.807) is 31.2 Å². The summed E-state index contributed by atoms with van der Waals surface area (Å²) in [5.74, 6) is -1.78. The molecule has 25 heavy (non-hydrogen) atoms. The second-order valence-corrected chi connectivity index (χ2v) is 5.67. The largest absolute Gasteiger partial charge is 0.357 e. The van der Waals surface area contributed by atoms with Gasteiger partial charge in [-0.3, -0.25) is 9.59 Å². The van der Waals surface area contributed by atoms with Gasteiger partial charge in [-0.2, -0.15) is 0 Å². The van der Waals surface area contributed by atoms with Gasteiger partial charge in [0.05, 0.1) is 6.42 Å². The van der Waals surface area contributed by atoms with E-state index in [-0.39, 0.29) is 24.4 Å². The number of hydrogen-bond donors (Lipinski definition) is 1. The van der Waals surface area contributed by atoms with Crippen molar-refractivity contribution in [2.45, 2.75) is 25.9 Å². The van der Waals surface area contributed by atoms with Crippen LogP contribution in [0.1, 0.15) is 18.1 Å². The standard InChI is InChI=1S/C19H20F2N2O2/c1-13(19(25)22-2)23(12-15-8-4-6-10-17(15)21)18(24)11-14-7-3-5-9-16(14)20/h3-10,13H,11-12H2,1-2H3,(H,22,25)/t13-/m0/s1. The van der Waals surface area contributed by atoms with Crippen LogP contribution in [0.3, 0.4) is 0 Å². The van der Waals surface area contributed by atoms with Gasteiger partial charge in [-0.1, -0.05) is 36.4 Å². The summed E-state index contributed by atoms with van der Waals surface area (Å²) < 4.78 is 27.8. The zero-order valence-electron chi connectivity index (χ0n) is 14.1. The molecule has 0 bridgehead atoms. The fraction of sp³-hybridized carbons (Fsp3) is 0.263. The van der Waals surface area contributed by atoms with Gasteiger partial charge in [-0.25, -0.2) is 8.78 Å². The molecule has 0 saturated carbocycles.